The summed E-state index contributed by atoms with van der Waals surface area (Å²) in [5, 5.41) is 0. The molecule has 0 N–H and O–H groups in total. The molecule has 2 aromatic rings. The molecule has 0 unspecified atom stereocenters. The highest BCUT2D eigenvalue weighted by atomic mass is 14.5. The standard InChI is InChI=1S/C17H16/c1-2-7-15-12-17(11-14(15)6-1)10-9-13-5-3-4-8-16(13)17/h1-8H,9-12H2. The lowest BCUT2D eigenvalue weighted by Gasteiger charge is -2.24. The summed E-state index contributed by atoms with van der Waals surface area (Å²) in [4.78, 5) is 0. The maximum absolute atomic E-state index is 2.36. The quantitative estimate of drug-likeness (QED) is 0.635. The average Bonchev–Trinajstić information content (AvgIpc) is 2.92. The fourth-order valence-corrected chi connectivity index (χ4v) is 3.83. The number of fused-ring (bicyclic) bond motifs is 3. The number of rotatable bonds is 0. The fourth-order valence-electron chi connectivity index (χ4n) is 3.83. The van der Waals surface area contributed by atoms with Crippen LogP contribution in [-0.4, -0.2) is 0 Å². The van der Waals surface area contributed by atoms with Crippen molar-refractivity contribution in [2.24, 2.45) is 0 Å². The third-order valence-electron chi connectivity index (χ3n) is 4.64. The van der Waals surface area contributed by atoms with Crippen molar-refractivity contribution in [2.45, 2.75) is 31.1 Å². The van der Waals surface area contributed by atoms with Crippen molar-refractivity contribution in [2.75, 3.05) is 0 Å². The molecule has 0 heterocycles. The van der Waals surface area contributed by atoms with E-state index in [2.05, 4.69) is 48.5 Å². The van der Waals surface area contributed by atoms with Gasteiger partial charge >= 0.3 is 0 Å². The predicted molar refractivity (Wildman–Crippen MR) is 70.3 cm³/mol. The first-order chi connectivity index (χ1) is 8.37. The van der Waals surface area contributed by atoms with E-state index in [1.807, 2.05) is 0 Å². The van der Waals surface area contributed by atoms with Crippen molar-refractivity contribution in [3.05, 3.63) is 70.8 Å². The molecule has 4 rings (SSSR count). The molecule has 2 aliphatic rings. The van der Waals surface area contributed by atoms with Crippen LogP contribution in [-0.2, 0) is 24.7 Å². The Balaban J connectivity index is 1.84. The van der Waals surface area contributed by atoms with Gasteiger partial charge in [-0.25, -0.2) is 0 Å². The van der Waals surface area contributed by atoms with E-state index in [-0.39, 0.29) is 0 Å². The van der Waals surface area contributed by atoms with Crippen LogP contribution in [0, 0.1) is 0 Å². The smallest absolute Gasteiger partial charge is 0.00397 e. The lowest BCUT2D eigenvalue weighted by Crippen LogP contribution is -2.23. The minimum Gasteiger partial charge on any atom is -0.0620 e. The first kappa shape index (κ1) is 9.47. The highest BCUT2D eigenvalue weighted by Gasteiger charge is 2.42. The van der Waals surface area contributed by atoms with Crippen LogP contribution in [0.3, 0.4) is 0 Å². The summed E-state index contributed by atoms with van der Waals surface area (Å²) in [6, 6.07) is 18.0. The van der Waals surface area contributed by atoms with Crippen LogP contribution < -0.4 is 0 Å². The molecular formula is C17H16. The Morgan fingerprint density at radius 2 is 1.29 bits per heavy atom. The number of benzene rings is 2. The van der Waals surface area contributed by atoms with Crippen molar-refractivity contribution in [1.82, 2.24) is 0 Å². The number of aryl methyl sites for hydroxylation is 1. The zero-order valence-corrected chi connectivity index (χ0v) is 9.95. The molecule has 0 saturated heterocycles. The van der Waals surface area contributed by atoms with E-state index in [1.54, 1.807) is 22.3 Å². The van der Waals surface area contributed by atoms with Crippen LogP contribution >= 0.6 is 0 Å². The largest absolute Gasteiger partial charge is 0.0620 e. The molecule has 2 aliphatic carbocycles. The third kappa shape index (κ3) is 1.24. The summed E-state index contributed by atoms with van der Waals surface area (Å²) in [6.45, 7) is 0. The van der Waals surface area contributed by atoms with E-state index in [0.29, 0.717) is 5.41 Å². The Morgan fingerprint density at radius 1 is 0.706 bits per heavy atom. The molecule has 0 bridgehead atoms. The van der Waals surface area contributed by atoms with Gasteiger partial charge in [-0.1, -0.05) is 48.5 Å². The lowest BCUT2D eigenvalue weighted by atomic mass is 9.79. The van der Waals surface area contributed by atoms with Gasteiger partial charge in [0.2, 0.25) is 0 Å². The number of hydrogen-bond acceptors (Lipinski definition) is 0. The molecule has 2 aromatic carbocycles. The average molecular weight is 220 g/mol. The minimum atomic E-state index is 0.431. The van der Waals surface area contributed by atoms with Gasteiger partial charge in [0.05, 0.1) is 0 Å². The molecule has 0 radical (unpaired) electrons. The van der Waals surface area contributed by atoms with Crippen molar-refractivity contribution in [1.29, 1.82) is 0 Å². The monoisotopic (exact) mass is 220 g/mol. The van der Waals surface area contributed by atoms with Crippen molar-refractivity contribution in [3.63, 3.8) is 0 Å². The molecule has 0 aliphatic heterocycles. The van der Waals surface area contributed by atoms with Crippen molar-refractivity contribution < 1.29 is 0 Å². The molecule has 1 spiro atoms. The van der Waals surface area contributed by atoms with Gasteiger partial charge in [0.25, 0.3) is 0 Å². The maximum atomic E-state index is 2.36. The summed E-state index contributed by atoms with van der Waals surface area (Å²) < 4.78 is 0. The molecule has 84 valence electrons. The zero-order valence-electron chi connectivity index (χ0n) is 9.95. The summed E-state index contributed by atoms with van der Waals surface area (Å²) in [5.41, 5.74) is 6.78. The summed E-state index contributed by atoms with van der Waals surface area (Å²) in [6.07, 6.45) is 5.10. The summed E-state index contributed by atoms with van der Waals surface area (Å²) >= 11 is 0. The number of hydrogen-bond donors (Lipinski definition) is 0. The topological polar surface area (TPSA) is 0 Å². The van der Waals surface area contributed by atoms with Gasteiger partial charge < -0.3 is 0 Å². The van der Waals surface area contributed by atoms with E-state index in [4.69, 9.17) is 0 Å². The van der Waals surface area contributed by atoms with Crippen LogP contribution in [0.15, 0.2) is 48.5 Å². The van der Waals surface area contributed by atoms with Crippen LogP contribution in [0.2, 0.25) is 0 Å². The van der Waals surface area contributed by atoms with Gasteiger partial charge in [-0.15, -0.1) is 0 Å². The Kier molecular flexibility index (Phi) is 1.80. The zero-order chi connectivity index (χ0) is 11.3. The third-order valence-corrected chi connectivity index (χ3v) is 4.64. The van der Waals surface area contributed by atoms with Gasteiger partial charge in [0.1, 0.15) is 0 Å². The summed E-state index contributed by atoms with van der Waals surface area (Å²) in [7, 11) is 0. The molecule has 0 nitrogen and oxygen atoms in total. The van der Waals surface area contributed by atoms with Crippen LogP contribution in [0.1, 0.15) is 28.7 Å². The van der Waals surface area contributed by atoms with Gasteiger partial charge in [-0.2, -0.15) is 0 Å². The Bertz CT molecular complexity index is 555. The fraction of sp³-hybridized carbons (Fsp3) is 0.294. The minimum absolute atomic E-state index is 0.431. The molecule has 0 amide bonds. The Hall–Kier alpha value is -1.56. The van der Waals surface area contributed by atoms with Gasteiger partial charge in [0.15, 0.2) is 0 Å². The summed E-state index contributed by atoms with van der Waals surface area (Å²) in [5.74, 6) is 0. The second-order valence-corrected chi connectivity index (χ2v) is 5.56. The van der Waals surface area contributed by atoms with Gasteiger partial charge in [-0.05, 0) is 47.9 Å². The van der Waals surface area contributed by atoms with Crippen LogP contribution in [0.5, 0.6) is 0 Å². The first-order valence-corrected chi connectivity index (χ1v) is 6.53. The second kappa shape index (κ2) is 3.22. The van der Waals surface area contributed by atoms with Gasteiger partial charge in [-0.3, -0.25) is 0 Å². The van der Waals surface area contributed by atoms with Crippen LogP contribution in [0.4, 0.5) is 0 Å². The highest BCUT2D eigenvalue weighted by molar-refractivity contribution is 5.47. The normalized spacial score (nSPS) is 19.3. The van der Waals surface area contributed by atoms with E-state index in [9.17, 15) is 0 Å². The first-order valence-electron chi connectivity index (χ1n) is 6.53. The lowest BCUT2D eigenvalue weighted by molar-refractivity contribution is 0.449. The van der Waals surface area contributed by atoms with Crippen LogP contribution in [0.25, 0.3) is 0 Å². The molecule has 0 atom stereocenters. The van der Waals surface area contributed by atoms with Crippen molar-refractivity contribution in [3.8, 4) is 0 Å². The molecule has 0 fully saturated rings. The van der Waals surface area contributed by atoms with E-state index in [1.165, 1.54) is 25.7 Å². The van der Waals surface area contributed by atoms with E-state index >= 15 is 0 Å². The molecule has 0 saturated carbocycles. The maximum Gasteiger partial charge on any atom is 0.00397 e. The second-order valence-electron chi connectivity index (χ2n) is 5.56. The predicted octanol–water partition coefficient (Wildman–Crippen LogP) is 3.67. The SMILES string of the molecule is c1ccc2c(c1)CC1(CCc3ccccc31)C2. The van der Waals surface area contributed by atoms with E-state index in [0.717, 1.165) is 0 Å². The molecule has 0 heteroatoms. The Morgan fingerprint density at radius 3 is 2.00 bits per heavy atom. The molecular weight excluding hydrogens is 204 g/mol. The highest BCUT2D eigenvalue weighted by Crippen LogP contribution is 2.48. The Labute approximate surface area is 102 Å². The molecule has 17 heavy (non-hydrogen) atoms. The van der Waals surface area contributed by atoms with Gasteiger partial charge in [0, 0.05) is 5.41 Å². The van der Waals surface area contributed by atoms with E-state index < -0.39 is 0 Å². The molecule has 0 aromatic heterocycles. The van der Waals surface area contributed by atoms with Crippen molar-refractivity contribution >= 4 is 0 Å².